The lowest BCUT2D eigenvalue weighted by molar-refractivity contribution is -0.129. The summed E-state index contributed by atoms with van der Waals surface area (Å²) in [5.41, 5.74) is 0.195. The average Bonchev–Trinajstić information content (AvgIpc) is 3.72. The van der Waals surface area contributed by atoms with E-state index in [0.29, 0.717) is 31.7 Å². The van der Waals surface area contributed by atoms with E-state index in [0.717, 1.165) is 25.0 Å². The highest BCUT2D eigenvalue weighted by Crippen LogP contribution is 2.20. The molecule has 0 unspecified atom stereocenters. The molecule has 2 rings (SSSR count). The first-order chi connectivity index (χ1) is 19.8. The van der Waals surface area contributed by atoms with Crippen LogP contribution in [0.15, 0.2) is 18.2 Å². The molecule has 1 aromatic carbocycles. The zero-order valence-electron chi connectivity index (χ0n) is 24.8. The van der Waals surface area contributed by atoms with Gasteiger partial charge in [0.15, 0.2) is 9.84 Å². The van der Waals surface area contributed by atoms with E-state index in [2.05, 4.69) is 21.3 Å². The SMILES string of the molecule is CCCC(CCC)S(=O)(=O)C[C@@H](NC(=O)CCCNC(C)=O)C(=O)N[C@@H](Cc1cc(F)cc(F)c1)[C@H](O)CNC1CC1. The van der Waals surface area contributed by atoms with Crippen LogP contribution in [0, 0.1) is 11.6 Å². The van der Waals surface area contributed by atoms with Crippen LogP contribution in [0.5, 0.6) is 0 Å². The molecule has 0 aliphatic heterocycles. The van der Waals surface area contributed by atoms with E-state index in [-0.39, 0.29) is 49.9 Å². The van der Waals surface area contributed by atoms with Gasteiger partial charge in [0.1, 0.15) is 17.7 Å². The number of nitrogens with one attached hydrogen (secondary N) is 4. The quantitative estimate of drug-likeness (QED) is 0.140. The Morgan fingerprint density at radius 2 is 1.64 bits per heavy atom. The van der Waals surface area contributed by atoms with Gasteiger partial charge >= 0.3 is 0 Å². The van der Waals surface area contributed by atoms with Gasteiger partial charge in [-0.05, 0) is 56.2 Å². The topological polar surface area (TPSA) is 154 Å². The van der Waals surface area contributed by atoms with Crippen LogP contribution in [0.2, 0.25) is 0 Å². The van der Waals surface area contributed by atoms with E-state index in [1.807, 2.05) is 13.8 Å². The summed E-state index contributed by atoms with van der Waals surface area (Å²) in [6.45, 7) is 5.42. The van der Waals surface area contributed by atoms with Gasteiger partial charge in [-0.25, -0.2) is 17.2 Å². The van der Waals surface area contributed by atoms with Gasteiger partial charge in [0, 0.05) is 38.5 Å². The molecule has 42 heavy (non-hydrogen) atoms. The maximum Gasteiger partial charge on any atom is 0.243 e. The number of amides is 3. The van der Waals surface area contributed by atoms with Gasteiger partial charge in [0.25, 0.3) is 0 Å². The smallest absolute Gasteiger partial charge is 0.243 e. The molecule has 1 fully saturated rings. The van der Waals surface area contributed by atoms with E-state index < -0.39 is 62.5 Å². The van der Waals surface area contributed by atoms with Crippen LogP contribution in [-0.4, -0.2) is 79.6 Å². The summed E-state index contributed by atoms with van der Waals surface area (Å²) in [4.78, 5) is 37.4. The molecule has 3 atom stereocenters. The van der Waals surface area contributed by atoms with Crippen molar-refractivity contribution in [3.8, 4) is 0 Å². The van der Waals surface area contributed by atoms with E-state index >= 15 is 0 Å². The summed E-state index contributed by atoms with van der Waals surface area (Å²) >= 11 is 0. The molecule has 1 aromatic rings. The van der Waals surface area contributed by atoms with Crippen molar-refractivity contribution in [2.45, 2.75) is 108 Å². The molecule has 0 spiro atoms. The molecular weight excluding hydrogens is 570 g/mol. The Morgan fingerprint density at radius 3 is 2.19 bits per heavy atom. The summed E-state index contributed by atoms with van der Waals surface area (Å²) in [5.74, 6) is -3.91. The normalized spacial score (nSPS) is 15.6. The van der Waals surface area contributed by atoms with Crippen LogP contribution >= 0.6 is 0 Å². The lowest BCUT2D eigenvalue weighted by Crippen LogP contribution is -2.57. The summed E-state index contributed by atoms with van der Waals surface area (Å²) in [5, 5.41) is 21.2. The summed E-state index contributed by atoms with van der Waals surface area (Å²) < 4.78 is 54.6. The van der Waals surface area contributed by atoms with Crippen molar-refractivity contribution in [2.75, 3.05) is 18.8 Å². The number of benzene rings is 1. The number of rotatable bonds is 20. The zero-order valence-corrected chi connectivity index (χ0v) is 25.6. The van der Waals surface area contributed by atoms with E-state index in [9.17, 15) is 36.7 Å². The van der Waals surface area contributed by atoms with Gasteiger partial charge in [-0.3, -0.25) is 14.4 Å². The third kappa shape index (κ3) is 13.1. The number of carbonyl (C=O) groups excluding carboxylic acids is 3. The number of aliphatic hydroxyl groups is 1. The third-order valence-corrected chi connectivity index (χ3v) is 9.38. The van der Waals surface area contributed by atoms with Crippen molar-refractivity contribution in [3.05, 3.63) is 35.4 Å². The first-order valence-corrected chi connectivity index (χ1v) is 16.5. The van der Waals surface area contributed by atoms with Crippen molar-refractivity contribution in [1.82, 2.24) is 21.3 Å². The molecule has 1 aliphatic carbocycles. The fourth-order valence-corrected chi connectivity index (χ4v) is 6.91. The molecule has 5 N–H and O–H groups in total. The summed E-state index contributed by atoms with van der Waals surface area (Å²) in [6, 6.07) is 0.660. The maximum atomic E-state index is 13.9. The molecule has 0 saturated heterocycles. The van der Waals surface area contributed by atoms with E-state index in [1.54, 1.807) is 0 Å². The van der Waals surface area contributed by atoms with Gasteiger partial charge < -0.3 is 26.4 Å². The highest BCUT2D eigenvalue weighted by atomic mass is 32.2. The number of carbonyl (C=O) groups is 3. The Kier molecular flexibility index (Phi) is 14.8. The number of aliphatic hydroxyl groups excluding tert-OH is 1. The molecule has 10 nitrogen and oxygen atoms in total. The largest absolute Gasteiger partial charge is 0.390 e. The molecule has 0 radical (unpaired) electrons. The van der Waals surface area contributed by atoms with E-state index in [4.69, 9.17) is 0 Å². The molecule has 1 aliphatic rings. The van der Waals surface area contributed by atoms with Crippen LogP contribution in [0.25, 0.3) is 0 Å². The van der Waals surface area contributed by atoms with Gasteiger partial charge in [0.2, 0.25) is 17.7 Å². The Balaban J connectivity index is 2.27. The first-order valence-electron chi connectivity index (χ1n) is 14.8. The monoisotopic (exact) mass is 616 g/mol. The highest BCUT2D eigenvalue weighted by Gasteiger charge is 2.34. The first kappa shape index (κ1) is 35.6. The van der Waals surface area contributed by atoms with Crippen molar-refractivity contribution >= 4 is 27.6 Å². The molecule has 3 amide bonds. The minimum atomic E-state index is -3.82. The Bertz CT molecular complexity index is 1120. The second-order valence-electron chi connectivity index (χ2n) is 11.1. The molecule has 0 bridgehead atoms. The van der Waals surface area contributed by atoms with Crippen molar-refractivity contribution in [1.29, 1.82) is 0 Å². The lowest BCUT2D eigenvalue weighted by Gasteiger charge is -2.28. The second kappa shape index (κ2) is 17.5. The fourth-order valence-electron chi connectivity index (χ4n) is 4.75. The summed E-state index contributed by atoms with van der Waals surface area (Å²) in [7, 11) is -3.82. The minimum absolute atomic E-state index is 0.0581. The molecule has 0 heterocycles. The number of halogens is 2. The van der Waals surface area contributed by atoms with Gasteiger partial charge in [-0.15, -0.1) is 0 Å². The molecule has 1 saturated carbocycles. The van der Waals surface area contributed by atoms with Crippen LogP contribution < -0.4 is 21.3 Å². The molecule has 0 aromatic heterocycles. The highest BCUT2D eigenvalue weighted by molar-refractivity contribution is 7.92. The van der Waals surface area contributed by atoms with Gasteiger partial charge in [-0.2, -0.15) is 0 Å². The average molecular weight is 617 g/mol. The second-order valence-corrected chi connectivity index (χ2v) is 13.4. The predicted octanol–water partition coefficient (Wildman–Crippen LogP) is 1.89. The number of hydrogen-bond donors (Lipinski definition) is 5. The molecular formula is C29H46F2N4O6S. The minimum Gasteiger partial charge on any atom is -0.390 e. The lowest BCUT2D eigenvalue weighted by atomic mass is 10.00. The molecule has 13 heteroatoms. The standard InChI is InChI=1S/C29H46F2N4O6S/c1-4-7-24(8-5-2)42(40,41)18-26(34-28(38)9-6-12-32-19(3)36)29(39)35-25(27(37)17-33-23-10-11-23)15-20-13-21(30)16-22(31)14-20/h13-14,16,23-27,33,37H,4-12,15,17-18H2,1-3H3,(H,32,36)(H,34,38)(H,35,39)/t25-,26+,27+/m0/s1. The summed E-state index contributed by atoms with van der Waals surface area (Å²) in [6.07, 6.45) is 2.89. The Labute approximate surface area is 247 Å². The number of hydrogen-bond acceptors (Lipinski definition) is 7. The van der Waals surface area contributed by atoms with Crippen molar-refractivity contribution < 1.29 is 36.7 Å². The zero-order chi connectivity index (χ0) is 31.3. The predicted molar refractivity (Wildman–Crippen MR) is 156 cm³/mol. The van der Waals surface area contributed by atoms with Crippen LogP contribution in [-0.2, 0) is 30.6 Å². The van der Waals surface area contributed by atoms with Crippen LogP contribution in [0.1, 0.15) is 77.7 Å². The molecule has 238 valence electrons. The van der Waals surface area contributed by atoms with Crippen molar-refractivity contribution in [3.63, 3.8) is 0 Å². The third-order valence-electron chi connectivity index (χ3n) is 7.10. The van der Waals surface area contributed by atoms with Gasteiger partial charge in [0.05, 0.1) is 23.1 Å². The maximum absolute atomic E-state index is 13.9. The fraction of sp³-hybridized carbons (Fsp3) is 0.690. The number of sulfone groups is 1. The van der Waals surface area contributed by atoms with Gasteiger partial charge in [-0.1, -0.05) is 26.7 Å². The Hall–Kier alpha value is -2.64. The van der Waals surface area contributed by atoms with Crippen LogP contribution in [0.3, 0.4) is 0 Å². The van der Waals surface area contributed by atoms with E-state index in [1.165, 1.54) is 6.92 Å². The van der Waals surface area contributed by atoms with Crippen molar-refractivity contribution in [2.24, 2.45) is 0 Å². The Morgan fingerprint density at radius 1 is 1.02 bits per heavy atom. The van der Waals surface area contributed by atoms with Crippen LogP contribution in [0.4, 0.5) is 8.78 Å².